The van der Waals surface area contributed by atoms with E-state index in [0.29, 0.717) is 27.0 Å². The lowest BCUT2D eigenvalue weighted by atomic mass is 10.0. The van der Waals surface area contributed by atoms with Gasteiger partial charge in [-0.3, -0.25) is 9.59 Å². The zero-order valence-electron chi connectivity index (χ0n) is 11.2. The van der Waals surface area contributed by atoms with Crippen LogP contribution in [0.5, 0.6) is 0 Å². The number of amides is 1. The van der Waals surface area contributed by atoms with E-state index >= 15 is 0 Å². The second kappa shape index (κ2) is 5.28. The van der Waals surface area contributed by atoms with Crippen LogP contribution in [0.15, 0.2) is 40.9 Å². The Kier molecular flexibility index (Phi) is 3.59. The van der Waals surface area contributed by atoms with E-state index in [1.807, 2.05) is 6.07 Å². The van der Waals surface area contributed by atoms with Crippen LogP contribution in [-0.2, 0) is 11.2 Å². The van der Waals surface area contributed by atoms with Gasteiger partial charge in [0.15, 0.2) is 5.78 Å². The third-order valence-electron chi connectivity index (χ3n) is 3.59. The minimum Gasteiger partial charge on any atom is -0.315 e. The van der Waals surface area contributed by atoms with Gasteiger partial charge in [-0.15, -0.1) is 0 Å². The number of halogens is 2. The van der Waals surface area contributed by atoms with E-state index < -0.39 is 0 Å². The monoisotopic (exact) mass is 363 g/mol. The number of nitrogens with zero attached hydrogens (tertiary/aromatic N) is 1. The maximum absolute atomic E-state index is 12.6. The Morgan fingerprint density at radius 2 is 2.00 bits per heavy atom. The second-order valence-corrected chi connectivity index (χ2v) is 6.22. The molecule has 0 bridgehead atoms. The summed E-state index contributed by atoms with van der Waals surface area (Å²) in [5.41, 5.74) is 2.88. The van der Waals surface area contributed by atoms with Crippen LogP contribution < -0.4 is 4.90 Å². The van der Waals surface area contributed by atoms with Crippen LogP contribution in [0.25, 0.3) is 0 Å². The van der Waals surface area contributed by atoms with Crippen LogP contribution in [0.4, 0.5) is 5.69 Å². The normalized spacial score (nSPS) is 13.5. The molecule has 1 amide bonds. The van der Waals surface area contributed by atoms with Gasteiger partial charge in [-0.05, 0) is 57.9 Å². The lowest BCUT2D eigenvalue weighted by molar-refractivity contribution is -0.117. The molecule has 3 rings (SSSR count). The number of benzene rings is 2. The Balaban J connectivity index is 2.00. The van der Waals surface area contributed by atoms with Crippen LogP contribution in [0, 0.1) is 0 Å². The summed E-state index contributed by atoms with van der Waals surface area (Å²) in [6, 6.07) is 10.4. The molecule has 0 radical (unpaired) electrons. The van der Waals surface area contributed by atoms with E-state index in [2.05, 4.69) is 15.9 Å². The first-order valence-electron chi connectivity index (χ1n) is 6.36. The van der Waals surface area contributed by atoms with E-state index in [1.165, 1.54) is 0 Å². The third kappa shape index (κ3) is 2.49. The fraction of sp³-hybridized carbons (Fsp3) is 0.125. The van der Waals surface area contributed by atoms with Gasteiger partial charge in [-0.25, -0.2) is 0 Å². The number of anilines is 1. The zero-order chi connectivity index (χ0) is 15.1. The molecule has 0 fully saturated rings. The highest BCUT2D eigenvalue weighted by atomic mass is 79.9. The van der Waals surface area contributed by atoms with E-state index in [1.54, 1.807) is 42.3 Å². The number of ketones is 1. The van der Waals surface area contributed by atoms with Crippen molar-refractivity contribution in [2.24, 2.45) is 0 Å². The summed E-state index contributed by atoms with van der Waals surface area (Å²) < 4.78 is 0.661. The van der Waals surface area contributed by atoms with Gasteiger partial charge in [-0.2, -0.15) is 0 Å². The quantitative estimate of drug-likeness (QED) is 0.759. The van der Waals surface area contributed by atoms with E-state index in [0.717, 1.165) is 11.3 Å². The van der Waals surface area contributed by atoms with Gasteiger partial charge >= 0.3 is 0 Å². The van der Waals surface area contributed by atoms with Crippen LogP contribution in [0.2, 0.25) is 5.02 Å². The molecule has 0 aromatic heterocycles. The number of hydrogen-bond donors (Lipinski definition) is 0. The summed E-state index contributed by atoms with van der Waals surface area (Å²) in [6.45, 7) is 0. The third-order valence-corrected chi connectivity index (χ3v) is 4.49. The Morgan fingerprint density at radius 1 is 1.24 bits per heavy atom. The summed E-state index contributed by atoms with van der Waals surface area (Å²) in [5, 5.41) is 0.569. The summed E-state index contributed by atoms with van der Waals surface area (Å²) in [7, 11) is 1.74. The van der Waals surface area contributed by atoms with Gasteiger partial charge in [-0.1, -0.05) is 11.6 Å². The zero-order valence-corrected chi connectivity index (χ0v) is 13.5. The van der Waals surface area contributed by atoms with Crippen LogP contribution >= 0.6 is 27.5 Å². The molecule has 1 aliphatic rings. The lowest BCUT2D eigenvalue weighted by Gasteiger charge is -2.10. The molecular weight excluding hydrogens is 354 g/mol. The molecule has 1 heterocycles. The van der Waals surface area contributed by atoms with Crippen molar-refractivity contribution in [3.8, 4) is 0 Å². The first kappa shape index (κ1) is 14.3. The molecule has 5 heteroatoms. The maximum Gasteiger partial charge on any atom is 0.231 e. The fourth-order valence-corrected chi connectivity index (χ4v) is 3.30. The molecule has 21 heavy (non-hydrogen) atoms. The van der Waals surface area contributed by atoms with Crippen molar-refractivity contribution in [2.45, 2.75) is 6.42 Å². The van der Waals surface area contributed by atoms with Crippen molar-refractivity contribution in [3.05, 3.63) is 62.6 Å². The summed E-state index contributed by atoms with van der Waals surface area (Å²) >= 11 is 9.25. The number of hydrogen-bond acceptors (Lipinski definition) is 2. The number of carbonyl (C=O) groups is 2. The topological polar surface area (TPSA) is 37.4 Å². The average Bonchev–Trinajstić information content (AvgIpc) is 2.73. The van der Waals surface area contributed by atoms with Gasteiger partial charge in [0.2, 0.25) is 5.91 Å². The second-order valence-electron chi connectivity index (χ2n) is 4.93. The highest BCUT2D eigenvalue weighted by Gasteiger charge is 2.25. The summed E-state index contributed by atoms with van der Waals surface area (Å²) in [5.74, 6) is -0.0504. The van der Waals surface area contributed by atoms with Crippen molar-refractivity contribution in [1.29, 1.82) is 0 Å². The number of carbonyl (C=O) groups excluding carboxylic acids is 2. The van der Waals surface area contributed by atoms with Crippen molar-refractivity contribution < 1.29 is 9.59 Å². The molecule has 0 N–H and O–H groups in total. The predicted octanol–water partition coefficient (Wildman–Crippen LogP) is 3.85. The average molecular weight is 365 g/mol. The molecule has 0 unspecified atom stereocenters. The highest BCUT2D eigenvalue weighted by Crippen LogP contribution is 2.30. The summed E-state index contributed by atoms with van der Waals surface area (Å²) in [6.07, 6.45) is 0.342. The predicted molar refractivity (Wildman–Crippen MR) is 86.1 cm³/mol. The number of likely N-dealkylation sites (N-methyl/N-ethyl adjacent to an activating group) is 1. The molecule has 2 aromatic rings. The van der Waals surface area contributed by atoms with Gasteiger partial charge < -0.3 is 4.90 Å². The van der Waals surface area contributed by atoms with Crippen LogP contribution in [-0.4, -0.2) is 18.7 Å². The first-order valence-corrected chi connectivity index (χ1v) is 7.53. The SMILES string of the molecule is CN1C(=O)Cc2cc(C(=O)c3ccc(Cl)cc3Br)ccc21. The van der Waals surface area contributed by atoms with Crippen molar-refractivity contribution in [1.82, 2.24) is 0 Å². The van der Waals surface area contributed by atoms with Crippen LogP contribution in [0.1, 0.15) is 21.5 Å². The fourth-order valence-electron chi connectivity index (χ4n) is 2.44. The molecule has 0 aliphatic carbocycles. The molecule has 106 valence electrons. The van der Waals surface area contributed by atoms with E-state index in [-0.39, 0.29) is 11.7 Å². The Labute approximate surface area is 135 Å². The smallest absolute Gasteiger partial charge is 0.231 e. The molecule has 3 nitrogen and oxygen atoms in total. The standard InChI is InChI=1S/C16H11BrClNO2/c1-19-14-5-2-9(6-10(14)7-15(19)20)16(21)12-4-3-11(18)8-13(12)17/h2-6,8H,7H2,1H3. The minimum absolute atomic E-state index is 0.0438. The Bertz CT molecular complexity index is 773. The van der Waals surface area contributed by atoms with E-state index in [4.69, 9.17) is 11.6 Å². The molecule has 2 aromatic carbocycles. The van der Waals surface area contributed by atoms with Crippen molar-refractivity contribution in [3.63, 3.8) is 0 Å². The lowest BCUT2D eigenvalue weighted by Crippen LogP contribution is -2.20. The highest BCUT2D eigenvalue weighted by molar-refractivity contribution is 9.10. The van der Waals surface area contributed by atoms with Crippen molar-refractivity contribution in [2.75, 3.05) is 11.9 Å². The summed E-state index contributed by atoms with van der Waals surface area (Å²) in [4.78, 5) is 25.9. The molecule has 0 saturated carbocycles. The van der Waals surface area contributed by atoms with E-state index in [9.17, 15) is 9.59 Å². The van der Waals surface area contributed by atoms with Crippen molar-refractivity contribution >= 4 is 44.9 Å². The molecule has 0 spiro atoms. The maximum atomic E-state index is 12.6. The Hall–Kier alpha value is -1.65. The van der Waals surface area contributed by atoms with Gasteiger partial charge in [0, 0.05) is 33.4 Å². The Morgan fingerprint density at radius 3 is 2.71 bits per heavy atom. The molecule has 1 aliphatic heterocycles. The number of fused-ring (bicyclic) bond motifs is 1. The van der Waals surface area contributed by atoms with Gasteiger partial charge in [0.25, 0.3) is 0 Å². The van der Waals surface area contributed by atoms with Crippen LogP contribution in [0.3, 0.4) is 0 Å². The number of rotatable bonds is 2. The molecule has 0 atom stereocenters. The first-order chi connectivity index (χ1) is 9.97. The molecule has 0 saturated heterocycles. The van der Waals surface area contributed by atoms with Gasteiger partial charge in [0.05, 0.1) is 6.42 Å². The largest absolute Gasteiger partial charge is 0.315 e. The molecular formula is C16H11BrClNO2. The van der Waals surface area contributed by atoms with Gasteiger partial charge in [0.1, 0.15) is 0 Å². The minimum atomic E-state index is -0.0941.